The molecule has 2 aromatic carbocycles. The highest BCUT2D eigenvalue weighted by Crippen LogP contribution is 2.44. The fourth-order valence-electron chi connectivity index (χ4n) is 2.98. The molecule has 2 aromatic rings. The summed E-state index contributed by atoms with van der Waals surface area (Å²) >= 11 is 0. The summed E-state index contributed by atoms with van der Waals surface area (Å²) < 4.78 is 33.5. The van der Waals surface area contributed by atoms with Gasteiger partial charge in [0.1, 0.15) is 11.5 Å². The summed E-state index contributed by atoms with van der Waals surface area (Å²) in [6, 6.07) is 11.8. The lowest BCUT2D eigenvalue weighted by atomic mass is 10.0. The number of fused-ring (bicyclic) bond motifs is 1. The molecule has 6 nitrogen and oxygen atoms in total. The SMILES string of the molecule is COc1ccc2c(c1)C(OC(C)=O)=C(C)C2=Cc1ccc(S(N)(=O)=O)cc1. The molecule has 7 heteroatoms. The molecule has 1 aliphatic carbocycles. The van der Waals surface area contributed by atoms with Crippen molar-refractivity contribution in [2.24, 2.45) is 5.14 Å². The van der Waals surface area contributed by atoms with E-state index >= 15 is 0 Å². The van der Waals surface area contributed by atoms with Crippen molar-refractivity contribution in [2.75, 3.05) is 7.11 Å². The first-order chi connectivity index (χ1) is 12.7. The van der Waals surface area contributed by atoms with Crippen molar-refractivity contribution >= 4 is 33.4 Å². The zero-order valence-corrected chi connectivity index (χ0v) is 16.0. The van der Waals surface area contributed by atoms with E-state index in [4.69, 9.17) is 14.6 Å². The van der Waals surface area contributed by atoms with Gasteiger partial charge in [0.15, 0.2) is 0 Å². The van der Waals surface area contributed by atoms with Crippen molar-refractivity contribution < 1.29 is 22.7 Å². The summed E-state index contributed by atoms with van der Waals surface area (Å²) in [7, 11) is -2.17. The Hall–Kier alpha value is -2.90. The van der Waals surface area contributed by atoms with E-state index in [0.29, 0.717) is 11.5 Å². The van der Waals surface area contributed by atoms with Crippen LogP contribution in [0.3, 0.4) is 0 Å². The van der Waals surface area contributed by atoms with E-state index in [0.717, 1.165) is 27.8 Å². The van der Waals surface area contributed by atoms with Crippen LogP contribution >= 0.6 is 0 Å². The standard InChI is InChI=1S/C20H19NO5S/c1-12-18(10-14-4-7-16(8-5-14)27(21,23)24)17-9-6-15(25-3)11-19(17)20(12)26-13(2)22/h4-11H,1-3H3,(H2,21,23,24). The lowest BCUT2D eigenvalue weighted by molar-refractivity contribution is -0.134. The Morgan fingerprint density at radius 2 is 1.74 bits per heavy atom. The molecule has 0 saturated heterocycles. The lowest BCUT2D eigenvalue weighted by Crippen LogP contribution is -2.11. The smallest absolute Gasteiger partial charge is 0.308 e. The number of carbonyl (C=O) groups excluding carboxylic acids is 1. The molecule has 0 radical (unpaired) electrons. The number of hydrogen-bond donors (Lipinski definition) is 1. The summed E-state index contributed by atoms with van der Waals surface area (Å²) in [6.07, 6.45) is 1.91. The normalized spacial score (nSPS) is 15.0. The van der Waals surface area contributed by atoms with E-state index < -0.39 is 16.0 Å². The number of sulfonamides is 1. The fourth-order valence-corrected chi connectivity index (χ4v) is 3.50. The van der Waals surface area contributed by atoms with Crippen molar-refractivity contribution in [2.45, 2.75) is 18.7 Å². The average Bonchev–Trinajstić information content (AvgIpc) is 2.86. The van der Waals surface area contributed by atoms with E-state index in [9.17, 15) is 13.2 Å². The molecule has 3 rings (SSSR count). The molecule has 140 valence electrons. The second-order valence-electron chi connectivity index (χ2n) is 6.13. The minimum absolute atomic E-state index is 0.0501. The quantitative estimate of drug-likeness (QED) is 0.816. The second-order valence-corrected chi connectivity index (χ2v) is 7.69. The average molecular weight is 385 g/mol. The van der Waals surface area contributed by atoms with Crippen LogP contribution in [0.5, 0.6) is 5.75 Å². The predicted molar refractivity (Wildman–Crippen MR) is 103 cm³/mol. The third-order valence-corrected chi connectivity index (χ3v) is 5.20. The number of allylic oxidation sites excluding steroid dienone is 2. The summed E-state index contributed by atoms with van der Waals surface area (Å²) in [6.45, 7) is 3.23. The lowest BCUT2D eigenvalue weighted by Gasteiger charge is -2.07. The number of primary sulfonamides is 1. The summed E-state index contributed by atoms with van der Waals surface area (Å²) in [4.78, 5) is 11.6. The molecule has 0 bridgehead atoms. The van der Waals surface area contributed by atoms with Gasteiger partial charge in [0.25, 0.3) is 0 Å². The van der Waals surface area contributed by atoms with Crippen LogP contribution in [0.4, 0.5) is 0 Å². The van der Waals surface area contributed by atoms with Crippen molar-refractivity contribution in [1.82, 2.24) is 0 Å². The zero-order valence-electron chi connectivity index (χ0n) is 15.1. The maximum absolute atomic E-state index is 11.5. The van der Waals surface area contributed by atoms with Crippen molar-refractivity contribution in [1.29, 1.82) is 0 Å². The Morgan fingerprint density at radius 1 is 1.07 bits per heavy atom. The number of ether oxygens (including phenoxy) is 2. The first-order valence-corrected chi connectivity index (χ1v) is 9.68. The van der Waals surface area contributed by atoms with Gasteiger partial charge in [0.2, 0.25) is 10.0 Å². The Kier molecular flexibility index (Phi) is 4.91. The highest BCUT2D eigenvalue weighted by atomic mass is 32.2. The Balaban J connectivity index is 2.11. The minimum atomic E-state index is -3.74. The van der Waals surface area contributed by atoms with Crippen LogP contribution in [0, 0.1) is 0 Å². The maximum Gasteiger partial charge on any atom is 0.308 e. The summed E-state index contributed by atoms with van der Waals surface area (Å²) in [5.41, 5.74) is 4.16. The molecule has 0 fully saturated rings. The Morgan fingerprint density at radius 3 is 2.30 bits per heavy atom. The van der Waals surface area contributed by atoms with E-state index in [2.05, 4.69) is 0 Å². The third-order valence-electron chi connectivity index (χ3n) is 4.27. The van der Waals surface area contributed by atoms with Crippen LogP contribution in [-0.4, -0.2) is 21.5 Å². The highest BCUT2D eigenvalue weighted by molar-refractivity contribution is 7.89. The van der Waals surface area contributed by atoms with Gasteiger partial charge in [-0.3, -0.25) is 4.79 Å². The molecule has 2 N–H and O–H groups in total. The highest BCUT2D eigenvalue weighted by Gasteiger charge is 2.27. The summed E-state index contributed by atoms with van der Waals surface area (Å²) in [5.74, 6) is 0.741. The molecule has 0 amide bonds. The molecule has 0 heterocycles. The molecular formula is C20H19NO5S. The molecule has 0 unspecified atom stereocenters. The van der Waals surface area contributed by atoms with E-state index in [1.54, 1.807) is 19.2 Å². The molecule has 0 aromatic heterocycles. The largest absolute Gasteiger partial charge is 0.497 e. The Labute approximate surface area is 158 Å². The number of nitrogens with two attached hydrogens (primary N) is 1. The number of methoxy groups -OCH3 is 1. The van der Waals surface area contributed by atoms with E-state index in [-0.39, 0.29) is 4.90 Å². The number of rotatable bonds is 4. The van der Waals surface area contributed by atoms with Crippen LogP contribution in [0.2, 0.25) is 0 Å². The number of hydrogen-bond acceptors (Lipinski definition) is 5. The molecule has 0 atom stereocenters. The predicted octanol–water partition coefficient (Wildman–Crippen LogP) is 3.19. The fraction of sp³-hybridized carbons (Fsp3) is 0.150. The van der Waals surface area contributed by atoms with Gasteiger partial charge in [-0.05, 0) is 60.0 Å². The van der Waals surface area contributed by atoms with Gasteiger partial charge in [0.05, 0.1) is 12.0 Å². The Bertz CT molecular complexity index is 1080. The van der Waals surface area contributed by atoms with Crippen LogP contribution in [0.15, 0.2) is 52.9 Å². The van der Waals surface area contributed by atoms with Gasteiger partial charge in [0, 0.05) is 18.1 Å². The van der Waals surface area contributed by atoms with Crippen LogP contribution < -0.4 is 9.88 Å². The van der Waals surface area contributed by atoms with Crippen LogP contribution in [0.25, 0.3) is 17.4 Å². The minimum Gasteiger partial charge on any atom is -0.497 e. The first kappa shape index (κ1) is 18.9. The zero-order chi connectivity index (χ0) is 19.8. The van der Waals surface area contributed by atoms with E-state index in [1.165, 1.54) is 19.1 Å². The van der Waals surface area contributed by atoms with E-state index in [1.807, 2.05) is 31.2 Å². The number of benzene rings is 2. The van der Waals surface area contributed by atoms with Gasteiger partial charge in [-0.2, -0.15) is 0 Å². The molecule has 0 saturated carbocycles. The van der Waals surface area contributed by atoms with Crippen molar-refractivity contribution in [3.63, 3.8) is 0 Å². The van der Waals surface area contributed by atoms with Crippen molar-refractivity contribution in [3.05, 3.63) is 64.7 Å². The topological polar surface area (TPSA) is 95.7 Å². The molecule has 0 aliphatic heterocycles. The molecule has 1 aliphatic rings. The van der Waals surface area contributed by atoms with Gasteiger partial charge < -0.3 is 9.47 Å². The monoisotopic (exact) mass is 385 g/mol. The second kappa shape index (κ2) is 7.02. The van der Waals surface area contributed by atoms with Gasteiger partial charge >= 0.3 is 5.97 Å². The molecule has 27 heavy (non-hydrogen) atoms. The first-order valence-electron chi connectivity index (χ1n) is 8.13. The summed E-state index contributed by atoms with van der Waals surface area (Å²) in [5, 5.41) is 5.14. The number of esters is 1. The maximum atomic E-state index is 11.5. The van der Waals surface area contributed by atoms with Crippen LogP contribution in [-0.2, 0) is 19.6 Å². The van der Waals surface area contributed by atoms with Gasteiger partial charge in [-0.1, -0.05) is 12.1 Å². The van der Waals surface area contributed by atoms with Gasteiger partial charge in [-0.15, -0.1) is 0 Å². The van der Waals surface area contributed by atoms with Crippen molar-refractivity contribution in [3.8, 4) is 5.75 Å². The number of carbonyl (C=O) groups is 1. The third kappa shape index (κ3) is 3.79. The van der Waals surface area contributed by atoms with Crippen LogP contribution in [0.1, 0.15) is 30.5 Å². The van der Waals surface area contributed by atoms with Gasteiger partial charge in [-0.25, -0.2) is 13.6 Å². The molecule has 0 spiro atoms. The molecular weight excluding hydrogens is 366 g/mol.